The van der Waals surface area contributed by atoms with Crippen molar-refractivity contribution in [1.82, 2.24) is 14.9 Å². The molecular formula is C44H51F4N5O6S. The van der Waals surface area contributed by atoms with Crippen molar-refractivity contribution in [2.24, 2.45) is 0 Å². The third kappa shape index (κ3) is 9.40. The fourth-order valence-corrected chi connectivity index (χ4v) is 8.74. The van der Waals surface area contributed by atoms with E-state index in [9.17, 15) is 4.79 Å². The van der Waals surface area contributed by atoms with Crippen LogP contribution < -0.4 is 19.3 Å². The number of hydrogen-bond donors (Lipinski definition) is 0. The first-order chi connectivity index (χ1) is 28.6. The first-order valence-corrected chi connectivity index (χ1v) is 20.9. The van der Waals surface area contributed by atoms with Crippen LogP contribution in [0.5, 0.6) is 11.5 Å². The van der Waals surface area contributed by atoms with Crippen molar-refractivity contribution in [1.29, 1.82) is 0 Å². The zero-order valence-electron chi connectivity index (χ0n) is 34.9. The minimum absolute atomic E-state index is 0.0127. The van der Waals surface area contributed by atoms with E-state index in [-0.39, 0.29) is 49.5 Å². The van der Waals surface area contributed by atoms with Crippen molar-refractivity contribution in [3.8, 4) is 11.5 Å². The molecule has 3 aliphatic rings. The number of hydrogen-bond acceptors (Lipinski definition) is 11. The third-order valence-corrected chi connectivity index (χ3v) is 11.5. The van der Waals surface area contributed by atoms with Crippen LogP contribution in [-0.4, -0.2) is 84.9 Å². The predicted octanol–water partition coefficient (Wildman–Crippen LogP) is 8.92. The van der Waals surface area contributed by atoms with Crippen LogP contribution >= 0.6 is 11.8 Å². The molecule has 3 aromatic carbocycles. The standard InChI is InChI=1S/C44H51F4N5O6S/c1-8-60-41-49-34-18-36(58-25-33(34)40(50-41)52-21-29-23-57-24-30(22-52)53(29)42(54)59-43(3,4)5)37-38(44(46,47)48)26(2)17-35(39(37)45)51(19-27-9-13-31(55-6)14-10-27)20-28-11-15-32(56-7)16-12-28/h9-17,29-30,36H,8,18-25H2,1-7H3. The van der Waals surface area contributed by atoms with Gasteiger partial charge in [0.2, 0.25) is 0 Å². The number of ether oxygens (including phenoxy) is 5. The Morgan fingerprint density at radius 1 is 0.933 bits per heavy atom. The molecule has 60 heavy (non-hydrogen) atoms. The van der Waals surface area contributed by atoms with Crippen molar-refractivity contribution < 1.29 is 46.0 Å². The largest absolute Gasteiger partial charge is 0.497 e. The fourth-order valence-electron chi connectivity index (χ4n) is 8.16. The lowest BCUT2D eigenvalue weighted by Gasteiger charge is -2.50. The average molecular weight is 854 g/mol. The molecule has 0 spiro atoms. The normalized spacial score (nSPS) is 19.1. The lowest BCUT2D eigenvalue weighted by molar-refractivity contribution is -0.140. The van der Waals surface area contributed by atoms with Gasteiger partial charge >= 0.3 is 12.3 Å². The Hall–Kier alpha value is -4.80. The molecular weight excluding hydrogens is 803 g/mol. The van der Waals surface area contributed by atoms with E-state index in [1.54, 1.807) is 48.3 Å². The fraction of sp³-hybridized carbons (Fsp3) is 0.477. The number of carbonyl (C=O) groups excluding carboxylic acids is 1. The number of rotatable bonds is 11. The summed E-state index contributed by atoms with van der Waals surface area (Å²) in [6.45, 7) is 10.4. The molecule has 0 N–H and O–H groups in total. The number of anilines is 2. The molecule has 11 nitrogen and oxygen atoms in total. The predicted molar refractivity (Wildman–Crippen MR) is 220 cm³/mol. The number of carbonyl (C=O) groups is 1. The lowest BCUT2D eigenvalue weighted by Crippen LogP contribution is -2.67. The van der Waals surface area contributed by atoms with E-state index in [2.05, 4.69) is 4.90 Å². The van der Waals surface area contributed by atoms with Crippen LogP contribution in [0.25, 0.3) is 0 Å². The molecule has 1 aromatic heterocycles. The molecule has 322 valence electrons. The molecule has 2 saturated heterocycles. The van der Waals surface area contributed by atoms with Gasteiger partial charge in [-0.1, -0.05) is 43.0 Å². The van der Waals surface area contributed by atoms with Crippen LogP contribution in [0.2, 0.25) is 0 Å². The highest BCUT2D eigenvalue weighted by Gasteiger charge is 2.45. The van der Waals surface area contributed by atoms with Crippen LogP contribution in [0.15, 0.2) is 59.8 Å². The zero-order chi connectivity index (χ0) is 42.9. The molecule has 3 atom stereocenters. The van der Waals surface area contributed by atoms with Crippen molar-refractivity contribution in [2.45, 2.75) is 95.9 Å². The Morgan fingerprint density at radius 2 is 1.52 bits per heavy atom. The number of benzene rings is 3. The van der Waals surface area contributed by atoms with Gasteiger partial charge in [0.1, 0.15) is 22.9 Å². The second kappa shape index (κ2) is 17.7. The molecule has 16 heteroatoms. The summed E-state index contributed by atoms with van der Waals surface area (Å²) in [5.41, 5.74) is 0.320. The number of alkyl halides is 3. The molecule has 4 aromatic rings. The third-order valence-electron chi connectivity index (χ3n) is 10.8. The number of thioether (sulfide) groups is 1. The number of halogens is 4. The van der Waals surface area contributed by atoms with Crippen molar-refractivity contribution in [3.63, 3.8) is 0 Å². The van der Waals surface area contributed by atoms with E-state index < -0.39 is 40.9 Å². The van der Waals surface area contributed by atoms with Crippen LogP contribution in [0.1, 0.15) is 72.9 Å². The molecule has 0 saturated carbocycles. The maximum absolute atomic E-state index is 17.4. The second-order valence-electron chi connectivity index (χ2n) is 16.2. The minimum atomic E-state index is -4.88. The quantitative estimate of drug-likeness (QED) is 0.0822. The van der Waals surface area contributed by atoms with Crippen LogP contribution in [-0.2, 0) is 46.5 Å². The number of aromatic nitrogens is 2. The Balaban J connectivity index is 1.26. The lowest BCUT2D eigenvalue weighted by atomic mass is 9.90. The van der Waals surface area contributed by atoms with Gasteiger partial charge in [-0.3, -0.25) is 4.90 Å². The highest BCUT2D eigenvalue weighted by Crippen LogP contribution is 2.46. The highest BCUT2D eigenvalue weighted by molar-refractivity contribution is 7.99. The van der Waals surface area contributed by atoms with E-state index in [1.807, 2.05) is 52.0 Å². The van der Waals surface area contributed by atoms with Gasteiger partial charge in [0.05, 0.1) is 69.2 Å². The van der Waals surface area contributed by atoms with Crippen molar-refractivity contribution >= 4 is 29.4 Å². The number of amides is 1. The molecule has 3 aliphatic heterocycles. The molecule has 4 heterocycles. The molecule has 2 fully saturated rings. The Morgan fingerprint density at radius 3 is 2.03 bits per heavy atom. The van der Waals surface area contributed by atoms with Crippen LogP contribution in [0.3, 0.4) is 0 Å². The summed E-state index contributed by atoms with van der Waals surface area (Å²) in [5, 5.41) is 0.453. The van der Waals surface area contributed by atoms with Gasteiger partial charge in [-0.25, -0.2) is 19.2 Å². The maximum atomic E-state index is 17.4. The first kappa shape index (κ1) is 43.3. The molecule has 0 aliphatic carbocycles. The second-order valence-corrected chi connectivity index (χ2v) is 17.4. The maximum Gasteiger partial charge on any atom is 0.417 e. The Labute approximate surface area is 352 Å². The van der Waals surface area contributed by atoms with E-state index in [0.717, 1.165) is 11.1 Å². The van der Waals surface area contributed by atoms with Gasteiger partial charge in [0, 0.05) is 43.7 Å². The summed E-state index contributed by atoms with van der Waals surface area (Å²) < 4.78 is 91.4. The van der Waals surface area contributed by atoms with Crippen molar-refractivity contribution in [2.75, 3.05) is 56.1 Å². The van der Waals surface area contributed by atoms with E-state index in [4.69, 9.17) is 33.7 Å². The number of aryl methyl sites for hydroxylation is 1. The van der Waals surface area contributed by atoms with Crippen LogP contribution in [0.4, 0.5) is 33.9 Å². The van der Waals surface area contributed by atoms with E-state index in [0.29, 0.717) is 65.8 Å². The van der Waals surface area contributed by atoms with Crippen molar-refractivity contribution in [3.05, 3.63) is 99.5 Å². The van der Waals surface area contributed by atoms with Gasteiger partial charge in [0.25, 0.3) is 0 Å². The number of morpholine rings is 1. The topological polar surface area (TPSA) is 98.7 Å². The highest BCUT2D eigenvalue weighted by atomic mass is 32.2. The molecule has 1 amide bonds. The van der Waals surface area contributed by atoms with Gasteiger partial charge in [-0.2, -0.15) is 13.2 Å². The molecule has 3 unspecified atom stereocenters. The van der Waals surface area contributed by atoms with Gasteiger partial charge in [-0.05, 0) is 80.5 Å². The Kier molecular flexibility index (Phi) is 12.7. The van der Waals surface area contributed by atoms with Crippen LogP contribution in [0, 0.1) is 12.7 Å². The summed E-state index contributed by atoms with van der Waals surface area (Å²) in [5.74, 6) is 1.51. The monoisotopic (exact) mass is 853 g/mol. The summed E-state index contributed by atoms with van der Waals surface area (Å²) in [6, 6.07) is 15.2. The molecule has 2 bridgehead atoms. The van der Waals surface area contributed by atoms with E-state index >= 15 is 17.6 Å². The first-order valence-electron chi connectivity index (χ1n) is 20.0. The minimum Gasteiger partial charge on any atom is -0.497 e. The number of fused-ring (bicyclic) bond motifs is 3. The molecule has 0 radical (unpaired) electrons. The smallest absolute Gasteiger partial charge is 0.417 e. The van der Waals surface area contributed by atoms with Gasteiger partial charge in [0.15, 0.2) is 11.0 Å². The number of piperazine rings is 1. The van der Waals surface area contributed by atoms with E-state index in [1.165, 1.54) is 24.8 Å². The number of nitrogens with zero attached hydrogens (tertiary/aromatic N) is 5. The summed E-state index contributed by atoms with van der Waals surface area (Å²) in [7, 11) is 3.12. The van der Waals surface area contributed by atoms with Gasteiger partial charge in [-0.15, -0.1) is 0 Å². The summed E-state index contributed by atoms with van der Waals surface area (Å²) in [4.78, 5) is 28.6. The summed E-state index contributed by atoms with van der Waals surface area (Å²) >= 11 is 1.41. The SMILES string of the molecule is CCSc1nc2c(c(N3CC4COCC(C3)N4C(=O)OC(C)(C)C)n1)COC(c1c(F)c(N(Cc3ccc(OC)cc3)Cc3ccc(OC)cc3)cc(C)c1C(F)(F)F)C2. The zero-order valence-corrected chi connectivity index (χ0v) is 35.7. The number of methoxy groups -OCH3 is 2. The Bertz CT molecular complexity index is 2110. The average Bonchev–Trinajstić information content (AvgIpc) is 3.19. The summed E-state index contributed by atoms with van der Waals surface area (Å²) in [6.07, 6.45) is -6.72. The molecule has 7 rings (SSSR count). The van der Waals surface area contributed by atoms with Gasteiger partial charge < -0.3 is 33.5 Å².